The van der Waals surface area contributed by atoms with Gasteiger partial charge in [-0.25, -0.2) is 4.98 Å². The van der Waals surface area contributed by atoms with E-state index in [1.807, 2.05) is 6.92 Å². The summed E-state index contributed by atoms with van der Waals surface area (Å²) in [5.41, 5.74) is 3.49. The number of nitrogens with zero attached hydrogens (tertiary/aromatic N) is 2. The highest BCUT2D eigenvalue weighted by atomic mass is 16.2. The van der Waals surface area contributed by atoms with Gasteiger partial charge in [-0.3, -0.25) is 10.1 Å². The lowest BCUT2D eigenvalue weighted by Gasteiger charge is -2.29. The molecular formula is C21H31N3O. The van der Waals surface area contributed by atoms with E-state index in [-0.39, 0.29) is 11.8 Å². The Labute approximate surface area is 151 Å². The summed E-state index contributed by atoms with van der Waals surface area (Å²) < 4.78 is 2.27. The molecule has 1 N–H and O–H groups in total. The van der Waals surface area contributed by atoms with E-state index in [0.717, 1.165) is 23.4 Å². The van der Waals surface area contributed by atoms with E-state index in [0.29, 0.717) is 17.9 Å². The number of amides is 1. The Morgan fingerprint density at radius 1 is 1.28 bits per heavy atom. The fourth-order valence-corrected chi connectivity index (χ4v) is 3.28. The van der Waals surface area contributed by atoms with Gasteiger partial charge in [-0.15, -0.1) is 0 Å². The summed E-state index contributed by atoms with van der Waals surface area (Å²) in [6.45, 7) is 10.6. The van der Waals surface area contributed by atoms with Gasteiger partial charge in [-0.05, 0) is 55.2 Å². The van der Waals surface area contributed by atoms with Crippen molar-refractivity contribution in [1.82, 2.24) is 9.55 Å². The first-order chi connectivity index (χ1) is 11.9. The fraction of sp³-hybridized carbons (Fsp3) is 0.619. The molecule has 1 saturated carbocycles. The van der Waals surface area contributed by atoms with Crippen LogP contribution in [0.4, 0.5) is 5.95 Å². The maximum Gasteiger partial charge on any atom is 0.229 e. The Balaban J connectivity index is 2.01. The zero-order chi connectivity index (χ0) is 18.1. The predicted octanol–water partition coefficient (Wildman–Crippen LogP) is 5.51. The van der Waals surface area contributed by atoms with Crippen LogP contribution in [0.25, 0.3) is 11.0 Å². The zero-order valence-electron chi connectivity index (χ0n) is 16.2. The number of carbonyl (C=O) groups excluding carboxylic acids is 1. The quantitative estimate of drug-likeness (QED) is 0.753. The van der Waals surface area contributed by atoms with Gasteiger partial charge >= 0.3 is 0 Å². The van der Waals surface area contributed by atoms with Crippen LogP contribution in [0.15, 0.2) is 18.2 Å². The number of fused-ring (bicyclic) bond motifs is 1. The number of carbonyl (C=O) groups is 1. The maximum atomic E-state index is 12.6. The summed E-state index contributed by atoms with van der Waals surface area (Å²) in [5, 5.41) is 3.11. The third kappa shape index (κ3) is 3.44. The minimum absolute atomic E-state index is 0.0228. The average Bonchev–Trinajstić information content (AvgIpc) is 2.89. The maximum absolute atomic E-state index is 12.6. The van der Waals surface area contributed by atoms with E-state index in [9.17, 15) is 4.79 Å². The van der Waals surface area contributed by atoms with E-state index in [2.05, 4.69) is 55.8 Å². The molecule has 1 aromatic heterocycles. The molecule has 1 aliphatic carbocycles. The minimum Gasteiger partial charge on any atom is -0.307 e. The largest absolute Gasteiger partial charge is 0.307 e. The van der Waals surface area contributed by atoms with Crippen molar-refractivity contribution in [3.63, 3.8) is 0 Å². The van der Waals surface area contributed by atoms with Gasteiger partial charge in [0.1, 0.15) is 0 Å². The van der Waals surface area contributed by atoms with Crippen LogP contribution >= 0.6 is 0 Å². The number of hydrogen-bond acceptors (Lipinski definition) is 2. The Morgan fingerprint density at radius 3 is 2.56 bits per heavy atom. The molecule has 0 saturated heterocycles. The fourth-order valence-electron chi connectivity index (χ4n) is 3.28. The van der Waals surface area contributed by atoms with Crippen molar-refractivity contribution < 1.29 is 4.79 Å². The minimum atomic E-state index is -0.0228. The molecular weight excluding hydrogens is 310 g/mol. The van der Waals surface area contributed by atoms with Crippen LogP contribution in [0.3, 0.4) is 0 Å². The number of anilines is 1. The lowest BCUT2D eigenvalue weighted by atomic mass is 9.92. The van der Waals surface area contributed by atoms with Gasteiger partial charge < -0.3 is 4.57 Å². The number of imidazole rings is 1. The molecule has 1 unspecified atom stereocenters. The Hall–Kier alpha value is -1.84. The third-order valence-corrected chi connectivity index (χ3v) is 5.98. The van der Waals surface area contributed by atoms with Gasteiger partial charge in [0.15, 0.2) is 0 Å². The lowest BCUT2D eigenvalue weighted by Crippen LogP contribution is -2.27. The normalized spacial score (nSPS) is 17.5. The van der Waals surface area contributed by atoms with Crippen LogP contribution in [0.5, 0.6) is 0 Å². The molecule has 25 heavy (non-hydrogen) atoms. The first-order valence-electron chi connectivity index (χ1n) is 9.75. The smallest absolute Gasteiger partial charge is 0.229 e. The van der Waals surface area contributed by atoms with Crippen LogP contribution in [0, 0.1) is 11.8 Å². The molecule has 0 aliphatic heterocycles. The SMILES string of the molecule is CCC(C)c1ccc2nc(NC(=O)[C@@H](C)C(C)C)n(C3CCC3)c2c1. The highest BCUT2D eigenvalue weighted by Gasteiger charge is 2.27. The van der Waals surface area contributed by atoms with Crippen molar-refractivity contribution in [3.05, 3.63) is 23.8 Å². The molecule has 0 bridgehead atoms. The van der Waals surface area contributed by atoms with E-state index in [4.69, 9.17) is 4.98 Å². The highest BCUT2D eigenvalue weighted by Crippen LogP contribution is 2.38. The molecule has 4 nitrogen and oxygen atoms in total. The summed E-state index contributed by atoms with van der Waals surface area (Å²) in [6, 6.07) is 7.02. The second-order valence-corrected chi connectivity index (χ2v) is 7.97. The van der Waals surface area contributed by atoms with Crippen LogP contribution < -0.4 is 5.32 Å². The Morgan fingerprint density at radius 2 is 2.00 bits per heavy atom. The number of rotatable bonds is 6. The van der Waals surface area contributed by atoms with E-state index in [1.165, 1.54) is 24.8 Å². The van der Waals surface area contributed by atoms with Gasteiger partial charge in [0.2, 0.25) is 11.9 Å². The summed E-state index contributed by atoms with van der Waals surface area (Å²) in [7, 11) is 0. The zero-order valence-corrected chi connectivity index (χ0v) is 16.2. The van der Waals surface area contributed by atoms with Crippen LogP contribution in [0.1, 0.15) is 77.8 Å². The van der Waals surface area contributed by atoms with Crippen LogP contribution in [-0.4, -0.2) is 15.5 Å². The second kappa shape index (κ2) is 7.19. The molecule has 2 atom stereocenters. The molecule has 4 heteroatoms. The van der Waals surface area contributed by atoms with E-state index < -0.39 is 0 Å². The summed E-state index contributed by atoms with van der Waals surface area (Å²) >= 11 is 0. The summed E-state index contributed by atoms with van der Waals surface area (Å²) in [6.07, 6.45) is 4.72. The Bertz CT molecular complexity index is 758. The van der Waals surface area contributed by atoms with Crippen molar-refractivity contribution in [2.75, 3.05) is 5.32 Å². The van der Waals surface area contributed by atoms with Gasteiger partial charge in [-0.1, -0.05) is 40.7 Å². The van der Waals surface area contributed by atoms with Crippen LogP contribution in [0.2, 0.25) is 0 Å². The van der Waals surface area contributed by atoms with Gasteiger partial charge in [0.05, 0.1) is 11.0 Å². The first kappa shape index (κ1) is 18.0. The molecule has 1 fully saturated rings. The first-order valence-corrected chi connectivity index (χ1v) is 9.75. The molecule has 0 radical (unpaired) electrons. The molecule has 136 valence electrons. The standard InChI is InChI=1S/C21H31N3O/c1-6-14(4)16-10-11-18-19(12-16)24(17-8-7-9-17)21(22-18)23-20(25)15(5)13(2)3/h10-15,17H,6-9H2,1-5H3,(H,22,23,25)/t14?,15-/m0/s1. The van der Waals surface area contributed by atoms with Gasteiger partial charge in [0, 0.05) is 12.0 Å². The topological polar surface area (TPSA) is 46.9 Å². The third-order valence-electron chi connectivity index (χ3n) is 5.98. The highest BCUT2D eigenvalue weighted by molar-refractivity contribution is 5.93. The number of aromatic nitrogens is 2. The molecule has 1 aliphatic rings. The molecule has 3 rings (SSSR count). The summed E-state index contributed by atoms with van der Waals surface area (Å²) in [5.74, 6) is 1.61. The van der Waals surface area contributed by atoms with E-state index >= 15 is 0 Å². The van der Waals surface area contributed by atoms with Gasteiger partial charge in [-0.2, -0.15) is 0 Å². The number of benzene rings is 1. The number of nitrogens with one attached hydrogen (secondary N) is 1. The van der Waals surface area contributed by atoms with Crippen molar-refractivity contribution in [1.29, 1.82) is 0 Å². The van der Waals surface area contributed by atoms with Crippen molar-refractivity contribution in [3.8, 4) is 0 Å². The van der Waals surface area contributed by atoms with Crippen molar-refractivity contribution >= 4 is 22.9 Å². The molecule has 0 spiro atoms. The monoisotopic (exact) mass is 341 g/mol. The molecule has 1 aromatic carbocycles. The van der Waals surface area contributed by atoms with E-state index in [1.54, 1.807) is 0 Å². The lowest BCUT2D eigenvalue weighted by molar-refractivity contribution is -0.120. The second-order valence-electron chi connectivity index (χ2n) is 7.97. The van der Waals surface area contributed by atoms with Gasteiger partial charge in [0.25, 0.3) is 0 Å². The number of hydrogen-bond donors (Lipinski definition) is 1. The predicted molar refractivity (Wildman–Crippen MR) is 104 cm³/mol. The van der Waals surface area contributed by atoms with Crippen LogP contribution in [-0.2, 0) is 4.79 Å². The average molecular weight is 341 g/mol. The summed E-state index contributed by atoms with van der Waals surface area (Å²) in [4.78, 5) is 17.3. The molecule has 2 aromatic rings. The van der Waals surface area contributed by atoms with Crippen molar-refractivity contribution in [2.24, 2.45) is 11.8 Å². The van der Waals surface area contributed by atoms with Crippen molar-refractivity contribution in [2.45, 2.75) is 72.3 Å². The molecule has 1 amide bonds. The Kier molecular flexibility index (Phi) is 5.16. The molecule has 1 heterocycles.